The maximum absolute atomic E-state index is 12.4. The minimum atomic E-state index is -3.73. The lowest BCUT2D eigenvalue weighted by Gasteiger charge is -2.36. The molecule has 1 unspecified atom stereocenters. The number of nitrogens with zero attached hydrogens (tertiary/aromatic N) is 1. The number of para-hydroxylation sites is 1. The smallest absolute Gasteiger partial charge is 0.243 e. The molecular weight excluding hydrogens is 338 g/mol. The molecule has 3 N–H and O–H groups in total. The molecule has 1 atom stereocenters. The first-order valence-corrected chi connectivity index (χ1v) is 9.66. The summed E-state index contributed by atoms with van der Waals surface area (Å²) in [5.41, 5.74) is 2.89. The Balaban J connectivity index is 1.71. The van der Waals surface area contributed by atoms with E-state index in [1.54, 1.807) is 0 Å². The monoisotopic (exact) mass is 359 g/mol. The molecule has 0 fully saturated rings. The fourth-order valence-corrected chi connectivity index (χ4v) is 3.60. The zero-order valence-corrected chi connectivity index (χ0v) is 14.8. The predicted molar refractivity (Wildman–Crippen MR) is 98.0 cm³/mol. The highest BCUT2D eigenvalue weighted by Gasteiger charge is 2.24. The number of primary sulfonamides is 1. The lowest BCUT2D eigenvalue weighted by Crippen LogP contribution is -2.42. The Morgan fingerprint density at radius 2 is 1.88 bits per heavy atom. The lowest BCUT2D eigenvalue weighted by atomic mass is 9.96. The first-order valence-electron chi connectivity index (χ1n) is 8.12. The van der Waals surface area contributed by atoms with Crippen molar-refractivity contribution in [2.24, 2.45) is 5.14 Å². The summed E-state index contributed by atoms with van der Waals surface area (Å²) >= 11 is 0. The zero-order chi connectivity index (χ0) is 18.0. The number of carbonyl (C=O) groups is 1. The third-order valence-corrected chi connectivity index (χ3v) is 5.37. The fourth-order valence-electron chi connectivity index (χ4n) is 3.08. The first kappa shape index (κ1) is 17.4. The third-order valence-electron chi connectivity index (χ3n) is 4.45. The molecule has 3 rings (SSSR count). The van der Waals surface area contributed by atoms with E-state index in [0.29, 0.717) is 5.69 Å². The molecule has 132 valence electrons. The van der Waals surface area contributed by atoms with Crippen molar-refractivity contribution in [2.45, 2.75) is 30.7 Å². The normalized spacial score (nSPS) is 17.0. The van der Waals surface area contributed by atoms with E-state index in [1.807, 2.05) is 18.2 Å². The maximum Gasteiger partial charge on any atom is 0.243 e. The Bertz CT molecular complexity index is 879. The molecule has 1 amide bonds. The molecule has 2 aromatic rings. The van der Waals surface area contributed by atoms with Crippen molar-refractivity contribution in [1.82, 2.24) is 0 Å². The minimum absolute atomic E-state index is 0.0177. The van der Waals surface area contributed by atoms with Crippen LogP contribution in [0.3, 0.4) is 0 Å². The summed E-state index contributed by atoms with van der Waals surface area (Å²) in [5, 5.41) is 7.87. The Labute approximate surface area is 147 Å². The van der Waals surface area contributed by atoms with Gasteiger partial charge in [-0.15, -0.1) is 0 Å². The first-order chi connectivity index (χ1) is 11.8. The van der Waals surface area contributed by atoms with E-state index in [1.165, 1.54) is 29.8 Å². The molecule has 25 heavy (non-hydrogen) atoms. The number of rotatable bonds is 4. The number of hydrogen-bond acceptors (Lipinski definition) is 4. The molecule has 1 aliphatic heterocycles. The van der Waals surface area contributed by atoms with Crippen molar-refractivity contribution in [1.29, 1.82) is 0 Å². The van der Waals surface area contributed by atoms with Gasteiger partial charge in [0, 0.05) is 17.4 Å². The second-order valence-electron chi connectivity index (χ2n) is 6.26. The van der Waals surface area contributed by atoms with E-state index in [2.05, 4.69) is 23.2 Å². The highest BCUT2D eigenvalue weighted by Crippen LogP contribution is 2.30. The van der Waals surface area contributed by atoms with Gasteiger partial charge in [0.1, 0.15) is 0 Å². The molecular formula is C18H21N3O3S. The van der Waals surface area contributed by atoms with Gasteiger partial charge >= 0.3 is 0 Å². The van der Waals surface area contributed by atoms with Gasteiger partial charge < -0.3 is 10.2 Å². The van der Waals surface area contributed by atoms with Crippen LogP contribution in [0.1, 0.15) is 18.9 Å². The lowest BCUT2D eigenvalue weighted by molar-refractivity contribution is -0.115. The molecule has 0 saturated heterocycles. The molecule has 0 radical (unpaired) electrons. The maximum atomic E-state index is 12.4. The Morgan fingerprint density at radius 3 is 2.56 bits per heavy atom. The molecule has 0 aromatic heterocycles. The van der Waals surface area contributed by atoms with Gasteiger partial charge in [0.25, 0.3) is 0 Å². The van der Waals surface area contributed by atoms with Crippen LogP contribution in [0.25, 0.3) is 0 Å². The van der Waals surface area contributed by atoms with Crippen LogP contribution in [0.2, 0.25) is 0 Å². The molecule has 1 heterocycles. The molecule has 0 bridgehead atoms. The standard InChI is InChI=1S/C18H21N3O3S/c1-13-6-7-14-4-2-3-5-17(14)21(13)12-18(22)20-15-8-10-16(11-9-15)25(19,23)24/h2-5,8-11,13H,6-7,12H2,1H3,(H,20,22)(H2,19,23,24). The number of carbonyl (C=O) groups excluding carboxylic acids is 1. The molecule has 0 aliphatic carbocycles. The molecule has 1 aliphatic rings. The molecule has 0 spiro atoms. The summed E-state index contributed by atoms with van der Waals surface area (Å²) in [7, 11) is -3.73. The highest BCUT2D eigenvalue weighted by molar-refractivity contribution is 7.89. The van der Waals surface area contributed by atoms with Crippen molar-refractivity contribution in [3.05, 3.63) is 54.1 Å². The third kappa shape index (κ3) is 4.00. The fraction of sp³-hybridized carbons (Fsp3) is 0.278. The van der Waals surface area contributed by atoms with Crippen molar-refractivity contribution in [2.75, 3.05) is 16.8 Å². The summed E-state index contributed by atoms with van der Waals surface area (Å²) in [4.78, 5) is 14.5. The van der Waals surface area contributed by atoms with Gasteiger partial charge in [0.05, 0.1) is 11.4 Å². The van der Waals surface area contributed by atoms with Crippen molar-refractivity contribution < 1.29 is 13.2 Å². The van der Waals surface area contributed by atoms with E-state index in [9.17, 15) is 13.2 Å². The van der Waals surface area contributed by atoms with E-state index < -0.39 is 10.0 Å². The van der Waals surface area contributed by atoms with Crippen LogP contribution in [0.15, 0.2) is 53.4 Å². The number of anilines is 2. The Morgan fingerprint density at radius 1 is 1.20 bits per heavy atom. The van der Waals surface area contributed by atoms with E-state index in [0.717, 1.165) is 18.5 Å². The zero-order valence-electron chi connectivity index (χ0n) is 14.0. The summed E-state index contributed by atoms with van der Waals surface area (Å²) in [6.07, 6.45) is 2.03. The molecule has 6 nitrogen and oxygen atoms in total. The highest BCUT2D eigenvalue weighted by atomic mass is 32.2. The van der Waals surface area contributed by atoms with Crippen molar-refractivity contribution in [3.8, 4) is 0 Å². The van der Waals surface area contributed by atoms with Gasteiger partial charge in [-0.05, 0) is 55.7 Å². The minimum Gasteiger partial charge on any atom is -0.359 e. The Kier molecular flexibility index (Phi) is 4.78. The second-order valence-corrected chi connectivity index (χ2v) is 7.82. The quantitative estimate of drug-likeness (QED) is 0.874. The topological polar surface area (TPSA) is 92.5 Å². The number of benzene rings is 2. The number of sulfonamides is 1. The van der Waals surface area contributed by atoms with Crippen LogP contribution in [0.5, 0.6) is 0 Å². The molecule has 0 saturated carbocycles. The van der Waals surface area contributed by atoms with Gasteiger partial charge in [0.15, 0.2) is 0 Å². The van der Waals surface area contributed by atoms with E-state index in [4.69, 9.17) is 5.14 Å². The van der Waals surface area contributed by atoms with E-state index >= 15 is 0 Å². The molecule has 7 heteroatoms. The van der Waals surface area contributed by atoms with Gasteiger partial charge in [-0.3, -0.25) is 4.79 Å². The summed E-state index contributed by atoms with van der Waals surface area (Å²) in [6.45, 7) is 2.36. The van der Waals surface area contributed by atoms with Crippen LogP contribution in [-0.2, 0) is 21.2 Å². The van der Waals surface area contributed by atoms with Crippen LogP contribution >= 0.6 is 0 Å². The number of aryl methyl sites for hydroxylation is 1. The second kappa shape index (κ2) is 6.85. The number of nitrogens with one attached hydrogen (secondary N) is 1. The predicted octanol–water partition coefficient (Wildman–Crippen LogP) is 2.11. The number of hydrogen-bond donors (Lipinski definition) is 2. The average molecular weight is 359 g/mol. The van der Waals surface area contributed by atoms with Crippen LogP contribution in [0.4, 0.5) is 11.4 Å². The Hall–Kier alpha value is -2.38. The van der Waals surface area contributed by atoms with Crippen molar-refractivity contribution in [3.63, 3.8) is 0 Å². The molecule has 2 aromatic carbocycles. The van der Waals surface area contributed by atoms with Crippen LogP contribution < -0.4 is 15.4 Å². The van der Waals surface area contributed by atoms with Crippen LogP contribution in [0, 0.1) is 0 Å². The SMILES string of the molecule is CC1CCc2ccccc2N1CC(=O)Nc1ccc(S(N)(=O)=O)cc1. The largest absolute Gasteiger partial charge is 0.359 e. The number of amides is 1. The van der Waals surface area contributed by atoms with Crippen LogP contribution in [-0.4, -0.2) is 26.9 Å². The summed E-state index contributed by atoms with van der Waals surface area (Å²) in [5.74, 6) is -0.146. The van der Waals surface area contributed by atoms with Gasteiger partial charge in [-0.2, -0.15) is 0 Å². The number of fused-ring (bicyclic) bond motifs is 1. The average Bonchev–Trinajstić information content (AvgIpc) is 2.57. The van der Waals surface area contributed by atoms with Gasteiger partial charge in [-0.1, -0.05) is 18.2 Å². The summed E-state index contributed by atoms with van der Waals surface area (Å²) < 4.78 is 22.5. The van der Waals surface area contributed by atoms with Gasteiger partial charge in [0.2, 0.25) is 15.9 Å². The van der Waals surface area contributed by atoms with Gasteiger partial charge in [-0.25, -0.2) is 13.6 Å². The van der Waals surface area contributed by atoms with E-state index in [-0.39, 0.29) is 23.4 Å². The number of nitrogens with two attached hydrogens (primary N) is 1. The van der Waals surface area contributed by atoms with Crippen molar-refractivity contribution >= 4 is 27.3 Å². The summed E-state index contributed by atoms with van der Waals surface area (Å²) in [6, 6.07) is 14.2.